The Kier molecular flexibility index (Phi) is 2.63. The molecule has 3 heterocycles. The van der Waals surface area contributed by atoms with Crippen LogP contribution >= 0.6 is 0 Å². The third-order valence-electron chi connectivity index (χ3n) is 5.17. The first-order valence-corrected chi connectivity index (χ1v) is 8.39. The largest absolute Gasteiger partial charge is 0.419 e. The molecule has 0 radical (unpaired) electrons. The third kappa shape index (κ3) is 1.65. The number of aromatic amines is 2. The van der Waals surface area contributed by atoms with Crippen LogP contribution in [0.25, 0.3) is 33.4 Å². The number of hydrogen-bond donors (Lipinski definition) is 2. The Labute approximate surface area is 137 Å². The zero-order valence-corrected chi connectivity index (χ0v) is 13.7. The van der Waals surface area contributed by atoms with E-state index in [1.165, 1.54) is 11.1 Å². The van der Waals surface area contributed by atoms with Crippen molar-refractivity contribution in [2.24, 2.45) is 0 Å². The Bertz CT molecular complexity index is 1160. The molecule has 122 valence electrons. The fourth-order valence-corrected chi connectivity index (χ4v) is 3.97. The maximum absolute atomic E-state index is 12.0. The zero-order valence-electron chi connectivity index (χ0n) is 13.7. The van der Waals surface area contributed by atoms with Crippen LogP contribution in [0.2, 0.25) is 0 Å². The summed E-state index contributed by atoms with van der Waals surface area (Å²) < 4.78 is 7.07. The smallest absolute Gasteiger partial charge is 0.408 e. The van der Waals surface area contributed by atoms with Gasteiger partial charge in [0.25, 0.3) is 0 Å². The van der Waals surface area contributed by atoms with E-state index < -0.39 is 0 Å². The fraction of sp³-hybridized carbons (Fsp3) is 0.333. The van der Waals surface area contributed by atoms with Gasteiger partial charge in [-0.3, -0.25) is 9.67 Å². The summed E-state index contributed by atoms with van der Waals surface area (Å²) in [5.41, 5.74) is 8.34. The summed E-state index contributed by atoms with van der Waals surface area (Å²) in [6.45, 7) is 4.64. The lowest BCUT2D eigenvalue weighted by Crippen LogP contribution is -2.11. The molecule has 0 aliphatic heterocycles. The molecule has 0 amide bonds. The van der Waals surface area contributed by atoms with E-state index >= 15 is 0 Å². The molecule has 0 atom stereocenters. The summed E-state index contributed by atoms with van der Waals surface area (Å²) >= 11 is 0. The Morgan fingerprint density at radius 3 is 2.96 bits per heavy atom. The monoisotopic (exact) mass is 322 g/mol. The number of nitrogens with zero attached hydrogens (tertiary/aromatic N) is 2. The van der Waals surface area contributed by atoms with Gasteiger partial charge in [-0.05, 0) is 44.7 Å². The molecule has 5 rings (SSSR count). The van der Waals surface area contributed by atoms with Gasteiger partial charge in [0.1, 0.15) is 5.69 Å². The van der Waals surface area contributed by atoms with Crippen LogP contribution in [-0.2, 0) is 19.4 Å². The van der Waals surface area contributed by atoms with Gasteiger partial charge in [0, 0.05) is 29.3 Å². The highest BCUT2D eigenvalue weighted by atomic mass is 16.4. The van der Waals surface area contributed by atoms with Gasteiger partial charge in [0.05, 0.1) is 16.7 Å². The quantitative estimate of drug-likeness (QED) is 0.564. The molecule has 6 nitrogen and oxygen atoms in total. The van der Waals surface area contributed by atoms with E-state index in [1.807, 2.05) is 13.0 Å². The highest BCUT2D eigenvalue weighted by Gasteiger charge is 2.23. The lowest BCUT2D eigenvalue weighted by atomic mass is 10.1. The number of nitrogens with one attached hydrogen (secondary N) is 2. The average Bonchev–Trinajstić information content (AvgIpc) is 3.15. The summed E-state index contributed by atoms with van der Waals surface area (Å²) in [7, 11) is 0. The summed E-state index contributed by atoms with van der Waals surface area (Å²) in [5, 5.41) is 8.80. The van der Waals surface area contributed by atoms with Gasteiger partial charge in [-0.15, -0.1) is 0 Å². The van der Waals surface area contributed by atoms with Crippen molar-refractivity contribution < 1.29 is 4.42 Å². The summed E-state index contributed by atoms with van der Waals surface area (Å²) in [6, 6.07) is 4.02. The van der Waals surface area contributed by atoms with Crippen LogP contribution in [0.15, 0.2) is 21.3 Å². The molecular formula is C18H18N4O2. The maximum atomic E-state index is 12.0. The van der Waals surface area contributed by atoms with Crippen LogP contribution in [0.3, 0.4) is 0 Å². The van der Waals surface area contributed by atoms with Crippen molar-refractivity contribution >= 4 is 22.0 Å². The molecule has 1 aliphatic rings. The van der Waals surface area contributed by atoms with Crippen LogP contribution < -0.4 is 5.76 Å². The van der Waals surface area contributed by atoms with Crippen molar-refractivity contribution in [3.8, 4) is 11.4 Å². The molecule has 0 bridgehead atoms. The first kappa shape index (κ1) is 13.7. The highest BCUT2D eigenvalue weighted by Crippen LogP contribution is 2.37. The van der Waals surface area contributed by atoms with Crippen molar-refractivity contribution in [1.82, 2.24) is 19.7 Å². The van der Waals surface area contributed by atoms with Gasteiger partial charge in [-0.1, -0.05) is 0 Å². The molecule has 3 aromatic heterocycles. The standard InChI is InChI=1S/C18H18N4O2/c1-3-22-14-7-12-11-6-4-5-10-9(2)20-21-17(10)16(11)19-13(12)8-15(14)24-18(22)23/h7-8,19H,3-6H2,1-2H3,(H,20,21). The van der Waals surface area contributed by atoms with Gasteiger partial charge in [-0.2, -0.15) is 5.10 Å². The zero-order chi connectivity index (χ0) is 16.4. The number of benzene rings is 1. The second-order valence-electron chi connectivity index (χ2n) is 6.49. The third-order valence-corrected chi connectivity index (χ3v) is 5.17. The van der Waals surface area contributed by atoms with Gasteiger partial charge >= 0.3 is 5.76 Å². The molecule has 2 N–H and O–H groups in total. The molecule has 24 heavy (non-hydrogen) atoms. The number of H-pyrrole nitrogens is 2. The second kappa shape index (κ2) is 4.63. The molecule has 4 aromatic rings. The molecular weight excluding hydrogens is 304 g/mol. The van der Waals surface area contributed by atoms with Crippen molar-refractivity contribution in [3.63, 3.8) is 0 Å². The molecule has 0 saturated carbocycles. The molecule has 1 aliphatic carbocycles. The predicted octanol–water partition coefficient (Wildman–Crippen LogP) is 3.28. The minimum atomic E-state index is -0.295. The van der Waals surface area contributed by atoms with E-state index in [4.69, 9.17) is 4.42 Å². The topological polar surface area (TPSA) is 79.6 Å². The number of rotatable bonds is 1. The molecule has 0 saturated heterocycles. The lowest BCUT2D eigenvalue weighted by Gasteiger charge is -2.00. The van der Waals surface area contributed by atoms with Gasteiger partial charge in [-0.25, -0.2) is 4.79 Å². The maximum Gasteiger partial charge on any atom is 0.419 e. The Balaban J connectivity index is 1.87. The number of fused-ring (bicyclic) bond motifs is 6. The first-order chi connectivity index (χ1) is 11.7. The normalized spacial score (nSPS) is 14.1. The SMILES string of the molecule is CCn1c(=O)oc2cc3[nH]c4c(c3cc21)CCCc1c-4n[nH]c1C. The summed E-state index contributed by atoms with van der Waals surface area (Å²) in [6.07, 6.45) is 3.14. The van der Waals surface area contributed by atoms with Crippen molar-refractivity contribution in [3.05, 3.63) is 39.5 Å². The fourth-order valence-electron chi connectivity index (χ4n) is 3.97. The highest BCUT2D eigenvalue weighted by molar-refractivity contribution is 5.98. The van der Waals surface area contributed by atoms with Crippen LogP contribution in [-0.4, -0.2) is 19.7 Å². The number of oxazole rings is 1. The van der Waals surface area contributed by atoms with Crippen molar-refractivity contribution in [2.75, 3.05) is 0 Å². The number of aromatic nitrogens is 4. The van der Waals surface area contributed by atoms with Crippen molar-refractivity contribution in [1.29, 1.82) is 0 Å². The average molecular weight is 322 g/mol. The minimum Gasteiger partial charge on any atom is -0.408 e. The van der Waals surface area contributed by atoms with E-state index in [-0.39, 0.29) is 5.76 Å². The molecule has 1 aromatic carbocycles. The number of aryl methyl sites for hydroxylation is 3. The number of hydrogen-bond acceptors (Lipinski definition) is 3. The second-order valence-corrected chi connectivity index (χ2v) is 6.49. The Morgan fingerprint density at radius 1 is 1.29 bits per heavy atom. The minimum absolute atomic E-state index is 0.295. The van der Waals surface area contributed by atoms with Crippen LogP contribution in [0.1, 0.15) is 30.2 Å². The van der Waals surface area contributed by atoms with E-state index in [1.54, 1.807) is 4.57 Å². The summed E-state index contributed by atoms with van der Waals surface area (Å²) in [5.74, 6) is -0.295. The molecule has 0 fully saturated rings. The van der Waals surface area contributed by atoms with E-state index in [9.17, 15) is 4.79 Å². The van der Waals surface area contributed by atoms with Crippen LogP contribution in [0.4, 0.5) is 0 Å². The Hall–Kier alpha value is -2.76. The van der Waals surface area contributed by atoms with E-state index in [2.05, 4.69) is 28.2 Å². The van der Waals surface area contributed by atoms with Crippen LogP contribution in [0.5, 0.6) is 0 Å². The van der Waals surface area contributed by atoms with E-state index in [0.29, 0.717) is 12.1 Å². The first-order valence-electron chi connectivity index (χ1n) is 8.39. The van der Waals surface area contributed by atoms with Crippen LogP contribution in [0, 0.1) is 6.92 Å². The predicted molar refractivity (Wildman–Crippen MR) is 92.3 cm³/mol. The Morgan fingerprint density at radius 2 is 2.12 bits per heavy atom. The van der Waals surface area contributed by atoms with Gasteiger partial charge < -0.3 is 9.40 Å². The van der Waals surface area contributed by atoms with Gasteiger partial charge in [0.2, 0.25) is 0 Å². The summed E-state index contributed by atoms with van der Waals surface area (Å²) in [4.78, 5) is 15.5. The van der Waals surface area contributed by atoms with Gasteiger partial charge in [0.15, 0.2) is 5.58 Å². The molecule has 6 heteroatoms. The lowest BCUT2D eigenvalue weighted by molar-refractivity contribution is 0.513. The van der Waals surface area contributed by atoms with Crippen molar-refractivity contribution in [2.45, 2.75) is 39.7 Å². The molecule has 0 spiro atoms. The van der Waals surface area contributed by atoms with E-state index in [0.717, 1.165) is 52.8 Å². The molecule has 0 unspecified atom stereocenters.